The Morgan fingerprint density at radius 1 is 1.21 bits per heavy atom. The number of amides is 1. The van der Waals surface area contributed by atoms with Crippen molar-refractivity contribution >= 4 is 27.5 Å². The first-order valence-corrected chi connectivity index (χ1v) is 8.74. The molecule has 0 bridgehead atoms. The van der Waals surface area contributed by atoms with Crippen LogP contribution < -0.4 is 10.6 Å². The molecule has 1 amide bonds. The number of anilines is 1. The molecule has 3 N–H and O–H groups in total. The summed E-state index contributed by atoms with van der Waals surface area (Å²) in [6.07, 6.45) is 0.941. The Balaban J connectivity index is 1.98. The van der Waals surface area contributed by atoms with E-state index in [-0.39, 0.29) is 18.0 Å². The van der Waals surface area contributed by atoms with E-state index in [4.69, 9.17) is 5.26 Å². The highest BCUT2D eigenvalue weighted by atomic mass is 79.9. The van der Waals surface area contributed by atoms with Crippen LogP contribution in [-0.2, 0) is 4.79 Å². The molecule has 0 heterocycles. The van der Waals surface area contributed by atoms with Crippen LogP contribution in [0.25, 0.3) is 0 Å². The summed E-state index contributed by atoms with van der Waals surface area (Å²) in [6, 6.07) is 17.2. The fourth-order valence-electron chi connectivity index (χ4n) is 2.51. The molecule has 0 aliphatic rings. The van der Waals surface area contributed by atoms with Crippen molar-refractivity contribution in [2.75, 3.05) is 5.32 Å². The Morgan fingerprint density at radius 2 is 1.83 bits per heavy atom. The highest BCUT2D eigenvalue weighted by Gasteiger charge is 2.22. The van der Waals surface area contributed by atoms with E-state index in [1.54, 1.807) is 24.3 Å². The van der Waals surface area contributed by atoms with Crippen molar-refractivity contribution in [3.63, 3.8) is 0 Å². The van der Waals surface area contributed by atoms with Gasteiger partial charge in [0.05, 0.1) is 11.6 Å². The summed E-state index contributed by atoms with van der Waals surface area (Å²) < 4.78 is 1.05. The number of benzene rings is 2. The summed E-state index contributed by atoms with van der Waals surface area (Å²) in [5.74, 6) is -0.0460. The van der Waals surface area contributed by atoms with E-state index in [0.717, 1.165) is 10.9 Å². The summed E-state index contributed by atoms with van der Waals surface area (Å²) in [6.45, 7) is 4.02. The second-order valence-electron chi connectivity index (χ2n) is 5.73. The molecule has 0 saturated carbocycles. The lowest BCUT2D eigenvalue weighted by Crippen LogP contribution is -2.92. The summed E-state index contributed by atoms with van der Waals surface area (Å²) in [5, 5.41) is 13.8. The van der Waals surface area contributed by atoms with E-state index < -0.39 is 0 Å². The van der Waals surface area contributed by atoms with Gasteiger partial charge in [0.15, 0.2) is 6.04 Å². The van der Waals surface area contributed by atoms with Gasteiger partial charge >= 0.3 is 0 Å². The molecule has 0 unspecified atom stereocenters. The number of quaternary nitrogens is 1. The summed E-state index contributed by atoms with van der Waals surface area (Å²) in [7, 11) is 0. The Kier molecular flexibility index (Phi) is 6.53. The lowest BCUT2D eigenvalue weighted by atomic mass is 10.0. The molecule has 0 radical (unpaired) electrons. The van der Waals surface area contributed by atoms with Gasteiger partial charge in [-0.05, 0) is 43.3 Å². The van der Waals surface area contributed by atoms with E-state index in [1.807, 2.05) is 19.1 Å². The van der Waals surface area contributed by atoms with Crippen molar-refractivity contribution in [1.29, 1.82) is 5.26 Å². The minimum atomic E-state index is -0.214. The Morgan fingerprint density at radius 3 is 2.38 bits per heavy atom. The van der Waals surface area contributed by atoms with Gasteiger partial charge in [0.2, 0.25) is 0 Å². The number of nitrogens with zero attached hydrogens (tertiary/aromatic N) is 1. The maximum absolute atomic E-state index is 12.4. The number of nitriles is 1. The molecule has 2 rings (SSSR count). The highest BCUT2D eigenvalue weighted by molar-refractivity contribution is 9.10. The lowest BCUT2D eigenvalue weighted by Gasteiger charge is -2.19. The van der Waals surface area contributed by atoms with Crippen molar-refractivity contribution in [1.82, 2.24) is 0 Å². The van der Waals surface area contributed by atoms with E-state index in [1.165, 1.54) is 5.56 Å². The largest absolute Gasteiger partial charge is 0.330 e. The van der Waals surface area contributed by atoms with Gasteiger partial charge in [-0.25, -0.2) is 0 Å². The van der Waals surface area contributed by atoms with Crippen molar-refractivity contribution in [3.05, 3.63) is 64.1 Å². The second-order valence-corrected chi connectivity index (χ2v) is 6.64. The van der Waals surface area contributed by atoms with Crippen molar-refractivity contribution in [3.8, 4) is 6.07 Å². The van der Waals surface area contributed by atoms with Crippen molar-refractivity contribution < 1.29 is 10.1 Å². The first-order chi connectivity index (χ1) is 11.5. The van der Waals surface area contributed by atoms with Crippen LogP contribution in [0.5, 0.6) is 0 Å². The van der Waals surface area contributed by atoms with Crippen LogP contribution in [0.1, 0.15) is 37.4 Å². The van der Waals surface area contributed by atoms with Gasteiger partial charge in [0.25, 0.3) is 5.91 Å². The number of hydrogen-bond acceptors (Lipinski definition) is 2. The zero-order chi connectivity index (χ0) is 17.5. The minimum Gasteiger partial charge on any atom is -0.330 e. The van der Waals surface area contributed by atoms with E-state index in [2.05, 4.69) is 51.7 Å². The molecule has 2 atom stereocenters. The normalized spacial score (nSPS) is 12.9. The van der Waals surface area contributed by atoms with Gasteiger partial charge in [-0.2, -0.15) is 5.26 Å². The molecule has 0 fully saturated rings. The summed E-state index contributed by atoms with van der Waals surface area (Å²) in [5.41, 5.74) is 2.49. The van der Waals surface area contributed by atoms with Crippen LogP contribution in [0, 0.1) is 11.3 Å². The van der Waals surface area contributed by atoms with Gasteiger partial charge in [-0.1, -0.05) is 35.0 Å². The lowest BCUT2D eigenvalue weighted by molar-refractivity contribution is -0.713. The topological polar surface area (TPSA) is 69.5 Å². The number of halogens is 1. The standard InChI is InChI=1S/C19H20BrN3O/c1-3-18(15-6-8-16(20)9-7-15)22-13(2)19(24)23-17-10-4-14(12-21)5-11-17/h4-11,13,18,22H,3H2,1-2H3,(H,23,24)/p+1/t13-,18-/m0/s1. The molecular weight excluding hydrogens is 366 g/mol. The van der Waals surface area contributed by atoms with Gasteiger partial charge in [0, 0.05) is 22.1 Å². The molecule has 0 aromatic heterocycles. The van der Waals surface area contributed by atoms with Crippen LogP contribution in [0.15, 0.2) is 53.0 Å². The molecule has 2 aromatic rings. The third kappa shape index (κ3) is 4.92. The predicted octanol–water partition coefficient (Wildman–Crippen LogP) is 3.36. The fraction of sp³-hybridized carbons (Fsp3) is 0.263. The average molecular weight is 387 g/mol. The quantitative estimate of drug-likeness (QED) is 0.798. The van der Waals surface area contributed by atoms with Gasteiger partial charge in [-0.15, -0.1) is 0 Å². The number of carbonyl (C=O) groups excluding carboxylic acids is 1. The third-order valence-electron chi connectivity index (χ3n) is 3.95. The van der Waals surface area contributed by atoms with Crippen LogP contribution >= 0.6 is 15.9 Å². The number of nitrogens with two attached hydrogens (primary N) is 1. The molecule has 0 aliphatic heterocycles. The summed E-state index contributed by atoms with van der Waals surface area (Å²) >= 11 is 3.44. The molecule has 4 nitrogen and oxygen atoms in total. The number of nitrogens with one attached hydrogen (secondary N) is 1. The molecule has 0 aliphatic carbocycles. The van der Waals surface area contributed by atoms with Gasteiger partial charge in [-0.3, -0.25) is 4.79 Å². The van der Waals surface area contributed by atoms with E-state index in [0.29, 0.717) is 11.3 Å². The fourth-order valence-corrected chi connectivity index (χ4v) is 2.78. The minimum absolute atomic E-state index is 0.0460. The van der Waals surface area contributed by atoms with Crippen LogP contribution in [-0.4, -0.2) is 11.9 Å². The zero-order valence-electron chi connectivity index (χ0n) is 13.8. The molecule has 124 valence electrons. The smallest absolute Gasteiger partial charge is 0.282 e. The maximum Gasteiger partial charge on any atom is 0.282 e. The average Bonchev–Trinajstić information content (AvgIpc) is 2.61. The van der Waals surface area contributed by atoms with E-state index >= 15 is 0 Å². The maximum atomic E-state index is 12.4. The van der Waals surface area contributed by atoms with Crippen LogP contribution in [0.3, 0.4) is 0 Å². The van der Waals surface area contributed by atoms with Crippen molar-refractivity contribution in [2.24, 2.45) is 0 Å². The number of hydrogen-bond donors (Lipinski definition) is 2. The Labute approximate surface area is 151 Å². The summed E-state index contributed by atoms with van der Waals surface area (Å²) in [4.78, 5) is 12.4. The molecule has 2 aromatic carbocycles. The first-order valence-electron chi connectivity index (χ1n) is 7.95. The van der Waals surface area contributed by atoms with Gasteiger partial charge < -0.3 is 10.6 Å². The van der Waals surface area contributed by atoms with Crippen LogP contribution in [0.4, 0.5) is 5.69 Å². The molecule has 0 saturated heterocycles. The zero-order valence-corrected chi connectivity index (χ0v) is 15.4. The van der Waals surface area contributed by atoms with Gasteiger partial charge in [0.1, 0.15) is 6.04 Å². The third-order valence-corrected chi connectivity index (χ3v) is 4.48. The Bertz CT molecular complexity index is 720. The molecule has 24 heavy (non-hydrogen) atoms. The number of carbonyl (C=O) groups is 1. The highest BCUT2D eigenvalue weighted by Crippen LogP contribution is 2.17. The molecule has 0 spiro atoms. The SMILES string of the molecule is CC[C@H]([NH2+][C@@H](C)C(=O)Nc1ccc(C#N)cc1)c1ccc(Br)cc1. The second kappa shape index (κ2) is 8.62. The van der Waals surface area contributed by atoms with E-state index in [9.17, 15) is 4.79 Å². The van der Waals surface area contributed by atoms with Crippen LogP contribution in [0.2, 0.25) is 0 Å². The molecular formula is C19H21BrN3O+. The Hall–Kier alpha value is -2.16. The monoisotopic (exact) mass is 386 g/mol. The predicted molar refractivity (Wildman–Crippen MR) is 98.3 cm³/mol. The molecule has 5 heteroatoms. The number of rotatable bonds is 6. The first kappa shape index (κ1) is 18.2. The van der Waals surface area contributed by atoms with Crippen molar-refractivity contribution in [2.45, 2.75) is 32.4 Å².